The number of aliphatic carboxylic acids is 1. The highest BCUT2D eigenvalue weighted by Crippen LogP contribution is 2.40. The minimum absolute atomic E-state index is 0.0769. The van der Waals surface area contributed by atoms with Gasteiger partial charge in [0.1, 0.15) is 5.54 Å². The summed E-state index contributed by atoms with van der Waals surface area (Å²) in [5.74, 6) is -0.761. The van der Waals surface area contributed by atoms with E-state index < -0.39 is 23.2 Å². The van der Waals surface area contributed by atoms with E-state index in [-0.39, 0.29) is 24.9 Å². The van der Waals surface area contributed by atoms with Crippen LogP contribution in [0.25, 0.3) is 0 Å². The van der Waals surface area contributed by atoms with Crippen LogP contribution in [-0.2, 0) is 28.6 Å². The summed E-state index contributed by atoms with van der Waals surface area (Å²) in [6.07, 6.45) is -0.206. The van der Waals surface area contributed by atoms with Crippen molar-refractivity contribution >= 4 is 23.6 Å². The maximum Gasteiger partial charge on any atom is 0.416 e. The molecule has 2 aliphatic heterocycles. The van der Waals surface area contributed by atoms with E-state index in [2.05, 4.69) is 4.90 Å². The van der Waals surface area contributed by atoms with Crippen LogP contribution >= 0.6 is 0 Å². The number of halogens is 3. The van der Waals surface area contributed by atoms with Gasteiger partial charge in [0.05, 0.1) is 12.0 Å². The molecule has 1 aliphatic carbocycles. The van der Waals surface area contributed by atoms with Gasteiger partial charge in [-0.25, -0.2) is 4.79 Å². The van der Waals surface area contributed by atoms with Crippen LogP contribution in [-0.4, -0.2) is 64.5 Å². The lowest BCUT2D eigenvalue weighted by Crippen LogP contribution is -2.57. The van der Waals surface area contributed by atoms with Crippen LogP contribution in [0.15, 0.2) is 48.5 Å². The van der Waals surface area contributed by atoms with E-state index in [9.17, 15) is 27.6 Å². The molecule has 2 saturated heterocycles. The number of carbonyl (C=O) groups excluding carboxylic acids is 2. The van der Waals surface area contributed by atoms with E-state index in [0.29, 0.717) is 55.9 Å². The van der Waals surface area contributed by atoms with Gasteiger partial charge >= 0.3 is 18.2 Å². The first kappa shape index (κ1) is 27.0. The molecule has 10 heteroatoms. The number of urea groups is 1. The summed E-state index contributed by atoms with van der Waals surface area (Å²) >= 11 is 0. The Labute approximate surface area is 225 Å². The molecule has 0 bridgehead atoms. The molecule has 2 aromatic rings. The third-order valence-electron chi connectivity index (χ3n) is 8.41. The first-order valence-electron chi connectivity index (χ1n) is 13.4. The van der Waals surface area contributed by atoms with Gasteiger partial charge in [-0.05, 0) is 73.4 Å². The summed E-state index contributed by atoms with van der Waals surface area (Å²) in [4.78, 5) is 43.7. The average molecular weight is 544 g/mol. The van der Waals surface area contributed by atoms with Crippen LogP contribution in [0.5, 0.6) is 0 Å². The maximum absolute atomic E-state index is 13.8. The van der Waals surface area contributed by atoms with Crippen molar-refractivity contribution in [1.29, 1.82) is 0 Å². The number of carbonyl (C=O) groups is 3. The number of rotatable bonds is 8. The van der Waals surface area contributed by atoms with E-state index in [1.807, 2.05) is 18.2 Å². The molecule has 5 rings (SSSR count). The number of alkyl halides is 3. The van der Waals surface area contributed by atoms with Gasteiger partial charge in [-0.2, -0.15) is 13.2 Å². The average Bonchev–Trinajstić information content (AvgIpc) is 3.05. The number of anilines is 1. The zero-order chi connectivity index (χ0) is 27.8. The smallest absolute Gasteiger partial charge is 0.416 e. The Balaban J connectivity index is 1.33. The summed E-state index contributed by atoms with van der Waals surface area (Å²) in [5.41, 5.74) is 0.535. The molecule has 2 heterocycles. The number of benzene rings is 2. The van der Waals surface area contributed by atoms with E-state index >= 15 is 0 Å². The molecule has 1 saturated carbocycles. The maximum atomic E-state index is 13.8. The summed E-state index contributed by atoms with van der Waals surface area (Å²) in [6.45, 7) is 1.69. The summed E-state index contributed by atoms with van der Waals surface area (Å²) < 4.78 is 38.9. The summed E-state index contributed by atoms with van der Waals surface area (Å²) in [7, 11) is 0. The predicted molar refractivity (Wildman–Crippen MR) is 138 cm³/mol. The van der Waals surface area contributed by atoms with Crippen LogP contribution in [0.3, 0.4) is 0 Å². The molecular formula is C29H32F3N3O4. The Bertz CT molecular complexity index is 1240. The highest BCUT2D eigenvalue weighted by molar-refractivity contribution is 6.07. The molecule has 0 atom stereocenters. The van der Waals surface area contributed by atoms with Gasteiger partial charge in [-0.1, -0.05) is 30.7 Å². The first-order chi connectivity index (χ1) is 18.6. The topological polar surface area (TPSA) is 81.2 Å². The standard InChI is InChI=1S/C29H32F3N3O4/c30-29(31,32)23-9-7-20(8-10-23)11-14-35-27(39)34(19-21-3-1-4-21)26(38)28(35)12-15-33(16-13-28)24-6-2-5-22(17-24)18-25(36)37/h2,5-10,17,21H,1,3-4,11-16,18-19H2,(H,36,37). The first-order valence-corrected chi connectivity index (χ1v) is 13.4. The molecule has 3 aliphatic rings. The van der Waals surface area contributed by atoms with Gasteiger partial charge in [0.2, 0.25) is 0 Å². The lowest BCUT2D eigenvalue weighted by atomic mass is 9.83. The van der Waals surface area contributed by atoms with Crippen molar-refractivity contribution in [2.45, 2.75) is 56.7 Å². The van der Waals surface area contributed by atoms with E-state index in [1.54, 1.807) is 11.0 Å². The van der Waals surface area contributed by atoms with Gasteiger partial charge in [0.25, 0.3) is 5.91 Å². The van der Waals surface area contributed by atoms with Crippen LogP contribution in [0.4, 0.5) is 23.7 Å². The monoisotopic (exact) mass is 543 g/mol. The highest BCUT2D eigenvalue weighted by Gasteiger charge is 2.58. The number of carboxylic acids is 1. The number of hydrogen-bond donors (Lipinski definition) is 1. The fourth-order valence-electron chi connectivity index (χ4n) is 5.94. The number of imide groups is 1. The van der Waals surface area contributed by atoms with Crippen LogP contribution in [0, 0.1) is 5.92 Å². The number of piperidine rings is 1. The predicted octanol–water partition coefficient (Wildman–Crippen LogP) is 4.98. The molecule has 1 N–H and O–H groups in total. The Morgan fingerprint density at radius 3 is 2.28 bits per heavy atom. The van der Waals surface area contributed by atoms with Gasteiger partial charge in [0.15, 0.2) is 0 Å². The highest BCUT2D eigenvalue weighted by atomic mass is 19.4. The molecule has 1 spiro atoms. The Kier molecular flexibility index (Phi) is 7.31. The SMILES string of the molecule is O=C(O)Cc1cccc(N2CCC3(CC2)C(=O)N(CC2CCC2)C(=O)N3CCc2ccc(C(F)(F)F)cc2)c1. The molecule has 208 valence electrons. The molecule has 7 nitrogen and oxygen atoms in total. The molecule has 0 aromatic heterocycles. The number of hydrogen-bond acceptors (Lipinski definition) is 4. The third kappa shape index (κ3) is 5.46. The second-order valence-corrected chi connectivity index (χ2v) is 10.9. The van der Waals surface area contributed by atoms with Crippen molar-refractivity contribution in [3.63, 3.8) is 0 Å². The fourth-order valence-corrected chi connectivity index (χ4v) is 5.94. The van der Waals surface area contributed by atoms with E-state index in [1.165, 1.54) is 17.0 Å². The summed E-state index contributed by atoms with van der Waals surface area (Å²) in [6, 6.07) is 12.0. The molecule has 39 heavy (non-hydrogen) atoms. The van der Waals surface area contributed by atoms with Gasteiger partial charge in [-0.15, -0.1) is 0 Å². The van der Waals surface area contributed by atoms with Crippen molar-refractivity contribution in [2.24, 2.45) is 5.92 Å². The molecular weight excluding hydrogens is 511 g/mol. The van der Waals surface area contributed by atoms with Crippen molar-refractivity contribution in [2.75, 3.05) is 31.1 Å². The minimum Gasteiger partial charge on any atom is -0.481 e. The zero-order valence-electron chi connectivity index (χ0n) is 21.6. The molecule has 3 fully saturated rings. The lowest BCUT2D eigenvalue weighted by Gasteiger charge is -2.43. The third-order valence-corrected chi connectivity index (χ3v) is 8.41. The van der Waals surface area contributed by atoms with Crippen molar-refractivity contribution in [3.05, 3.63) is 65.2 Å². The lowest BCUT2D eigenvalue weighted by molar-refractivity contribution is -0.138. The van der Waals surface area contributed by atoms with E-state index in [4.69, 9.17) is 5.11 Å². The summed E-state index contributed by atoms with van der Waals surface area (Å²) in [5, 5.41) is 9.14. The second kappa shape index (κ2) is 10.5. The Morgan fingerprint density at radius 1 is 1.00 bits per heavy atom. The van der Waals surface area contributed by atoms with Crippen LogP contribution < -0.4 is 4.90 Å². The molecule has 0 unspecified atom stereocenters. The Hall–Kier alpha value is -3.56. The van der Waals surface area contributed by atoms with Crippen molar-refractivity contribution in [3.8, 4) is 0 Å². The van der Waals surface area contributed by atoms with Crippen LogP contribution in [0.1, 0.15) is 48.8 Å². The second-order valence-electron chi connectivity index (χ2n) is 10.9. The normalized spacial score (nSPS) is 19.6. The number of carboxylic acid groups (broad SMARTS) is 1. The number of nitrogens with zero attached hydrogens (tertiary/aromatic N) is 3. The minimum atomic E-state index is -4.41. The molecule has 3 amide bonds. The fraction of sp³-hybridized carbons (Fsp3) is 0.483. The van der Waals surface area contributed by atoms with Crippen molar-refractivity contribution < 1.29 is 32.7 Å². The van der Waals surface area contributed by atoms with Gasteiger partial charge in [-0.3, -0.25) is 14.5 Å². The van der Waals surface area contributed by atoms with Crippen molar-refractivity contribution in [1.82, 2.24) is 9.80 Å². The van der Waals surface area contributed by atoms with Crippen LogP contribution in [0.2, 0.25) is 0 Å². The molecule has 0 radical (unpaired) electrons. The van der Waals surface area contributed by atoms with E-state index in [0.717, 1.165) is 37.1 Å². The largest absolute Gasteiger partial charge is 0.481 e. The van der Waals surface area contributed by atoms with Gasteiger partial charge < -0.3 is 14.9 Å². The van der Waals surface area contributed by atoms with Gasteiger partial charge in [0, 0.05) is 31.9 Å². The molecule has 2 aromatic carbocycles. The Morgan fingerprint density at radius 2 is 1.69 bits per heavy atom. The quantitative estimate of drug-likeness (QED) is 0.475. The zero-order valence-corrected chi connectivity index (χ0v) is 21.6. The number of amides is 3.